The summed E-state index contributed by atoms with van der Waals surface area (Å²) in [7, 11) is 0. The van der Waals surface area contributed by atoms with Crippen LogP contribution < -0.4 is 5.32 Å². The van der Waals surface area contributed by atoms with E-state index in [-0.39, 0.29) is 30.3 Å². The third-order valence-corrected chi connectivity index (χ3v) is 4.04. The van der Waals surface area contributed by atoms with Gasteiger partial charge in [0.05, 0.1) is 12.5 Å². The molecular formula is C16H23N3O2. The minimum Gasteiger partial charge on any atom is -0.305 e. The van der Waals surface area contributed by atoms with Gasteiger partial charge in [-0.2, -0.15) is 0 Å². The maximum absolute atomic E-state index is 12.4. The van der Waals surface area contributed by atoms with Crippen molar-refractivity contribution in [2.45, 2.75) is 51.6 Å². The second-order valence-electron chi connectivity index (χ2n) is 5.39. The Morgan fingerprint density at radius 3 is 2.57 bits per heavy atom. The zero-order valence-electron chi connectivity index (χ0n) is 12.7. The van der Waals surface area contributed by atoms with Crippen molar-refractivity contribution in [3.63, 3.8) is 0 Å². The number of rotatable bonds is 7. The molecule has 1 saturated heterocycles. The number of aromatic nitrogens is 1. The highest BCUT2D eigenvalue weighted by molar-refractivity contribution is 6.05. The quantitative estimate of drug-likeness (QED) is 0.773. The van der Waals surface area contributed by atoms with Crippen molar-refractivity contribution in [1.29, 1.82) is 0 Å². The van der Waals surface area contributed by atoms with Gasteiger partial charge in [0.1, 0.15) is 0 Å². The fraction of sp³-hybridized carbons (Fsp3) is 0.562. The average molecular weight is 289 g/mol. The Labute approximate surface area is 125 Å². The van der Waals surface area contributed by atoms with E-state index >= 15 is 0 Å². The summed E-state index contributed by atoms with van der Waals surface area (Å²) in [5.41, 5.74) is 1.17. The summed E-state index contributed by atoms with van der Waals surface area (Å²) >= 11 is 0. The van der Waals surface area contributed by atoms with Crippen LogP contribution in [-0.2, 0) is 16.0 Å². The van der Waals surface area contributed by atoms with Gasteiger partial charge >= 0.3 is 0 Å². The van der Waals surface area contributed by atoms with E-state index in [9.17, 15) is 9.59 Å². The molecule has 5 nitrogen and oxygen atoms in total. The molecule has 0 aromatic carbocycles. The van der Waals surface area contributed by atoms with E-state index in [1.54, 1.807) is 12.4 Å². The third-order valence-electron chi connectivity index (χ3n) is 4.04. The van der Waals surface area contributed by atoms with Crippen LogP contribution in [0.4, 0.5) is 0 Å². The highest BCUT2D eigenvalue weighted by atomic mass is 16.2. The zero-order valence-corrected chi connectivity index (χ0v) is 12.7. The van der Waals surface area contributed by atoms with Gasteiger partial charge in [-0.3, -0.25) is 19.5 Å². The topological polar surface area (TPSA) is 62.3 Å². The molecular weight excluding hydrogens is 266 g/mol. The molecule has 2 heterocycles. The first-order valence-corrected chi connectivity index (χ1v) is 7.65. The summed E-state index contributed by atoms with van der Waals surface area (Å²) in [5.74, 6) is -0.112. The molecule has 2 amide bonds. The number of nitrogens with zero attached hydrogens (tertiary/aromatic N) is 2. The number of likely N-dealkylation sites (tertiary alicyclic amines) is 1. The molecule has 0 saturated carbocycles. The molecule has 1 fully saturated rings. The third kappa shape index (κ3) is 3.67. The highest BCUT2D eigenvalue weighted by Crippen LogP contribution is 2.20. The Balaban J connectivity index is 1.88. The van der Waals surface area contributed by atoms with Crippen LogP contribution in [-0.4, -0.2) is 40.3 Å². The molecule has 2 rings (SSSR count). The number of imide groups is 1. The summed E-state index contributed by atoms with van der Waals surface area (Å²) in [6, 6.07) is 3.59. The minimum atomic E-state index is -0.361. The Hall–Kier alpha value is -1.75. The van der Waals surface area contributed by atoms with Gasteiger partial charge in [-0.15, -0.1) is 0 Å². The predicted molar refractivity (Wildman–Crippen MR) is 80.6 cm³/mol. The molecule has 1 atom stereocenters. The first kappa shape index (κ1) is 15.6. The van der Waals surface area contributed by atoms with Gasteiger partial charge in [0, 0.05) is 18.4 Å². The maximum Gasteiger partial charge on any atom is 0.247 e. The van der Waals surface area contributed by atoms with Crippen molar-refractivity contribution < 1.29 is 9.59 Å². The lowest BCUT2D eigenvalue weighted by molar-refractivity contribution is -0.141. The minimum absolute atomic E-state index is 0.0389. The van der Waals surface area contributed by atoms with E-state index in [0.717, 1.165) is 19.3 Å². The second kappa shape index (κ2) is 7.31. The predicted octanol–water partition coefficient (Wildman–Crippen LogP) is 1.53. The molecule has 1 aromatic rings. The molecule has 0 radical (unpaired) electrons. The summed E-state index contributed by atoms with van der Waals surface area (Å²) in [6.07, 6.45) is 6.26. The lowest BCUT2D eigenvalue weighted by Crippen LogP contribution is -2.44. The monoisotopic (exact) mass is 289 g/mol. The standard InChI is InChI=1S/C16H23N3O2/c1-3-13(4-2)19-15(20)11-14(16(19)21)18-10-7-12-5-8-17-9-6-12/h5-6,8-9,13-14,18H,3-4,7,10-11H2,1-2H3. The van der Waals surface area contributed by atoms with E-state index in [4.69, 9.17) is 0 Å². The van der Waals surface area contributed by atoms with Crippen molar-refractivity contribution in [3.05, 3.63) is 30.1 Å². The van der Waals surface area contributed by atoms with Crippen molar-refractivity contribution in [1.82, 2.24) is 15.2 Å². The summed E-state index contributed by atoms with van der Waals surface area (Å²) in [5, 5.41) is 3.21. The zero-order chi connectivity index (χ0) is 15.2. The van der Waals surface area contributed by atoms with E-state index in [2.05, 4.69) is 10.3 Å². The summed E-state index contributed by atoms with van der Waals surface area (Å²) in [4.78, 5) is 29.8. The fourth-order valence-corrected chi connectivity index (χ4v) is 2.79. The molecule has 1 aliphatic heterocycles. The van der Waals surface area contributed by atoms with E-state index < -0.39 is 0 Å². The van der Waals surface area contributed by atoms with Gasteiger partial charge in [-0.1, -0.05) is 13.8 Å². The molecule has 5 heteroatoms. The SMILES string of the molecule is CCC(CC)N1C(=O)CC(NCCc2ccncc2)C1=O. The Bertz CT molecular complexity index is 486. The number of pyridine rings is 1. The summed E-state index contributed by atoms with van der Waals surface area (Å²) < 4.78 is 0. The van der Waals surface area contributed by atoms with Gasteiger partial charge in [-0.05, 0) is 43.5 Å². The van der Waals surface area contributed by atoms with Crippen molar-refractivity contribution >= 4 is 11.8 Å². The van der Waals surface area contributed by atoms with Crippen LogP contribution in [0.25, 0.3) is 0 Å². The van der Waals surface area contributed by atoms with Crippen molar-refractivity contribution in [3.8, 4) is 0 Å². The molecule has 0 bridgehead atoms. The van der Waals surface area contributed by atoms with Crippen LogP contribution in [0.15, 0.2) is 24.5 Å². The van der Waals surface area contributed by atoms with Crippen LogP contribution >= 0.6 is 0 Å². The lowest BCUT2D eigenvalue weighted by Gasteiger charge is -2.24. The molecule has 1 aromatic heterocycles. The first-order valence-electron chi connectivity index (χ1n) is 7.65. The molecule has 1 unspecified atom stereocenters. The van der Waals surface area contributed by atoms with Gasteiger partial charge in [0.25, 0.3) is 0 Å². The van der Waals surface area contributed by atoms with Gasteiger partial charge in [-0.25, -0.2) is 0 Å². The average Bonchev–Trinajstić information content (AvgIpc) is 2.78. The smallest absolute Gasteiger partial charge is 0.247 e. The number of hydrogen-bond donors (Lipinski definition) is 1. The molecule has 114 valence electrons. The van der Waals surface area contributed by atoms with E-state index in [1.807, 2.05) is 26.0 Å². The van der Waals surface area contributed by atoms with Crippen LogP contribution in [0.1, 0.15) is 38.7 Å². The molecule has 0 spiro atoms. The molecule has 1 N–H and O–H groups in total. The lowest BCUT2D eigenvalue weighted by atomic mass is 10.1. The Morgan fingerprint density at radius 1 is 1.29 bits per heavy atom. The number of hydrogen-bond acceptors (Lipinski definition) is 4. The van der Waals surface area contributed by atoms with Crippen molar-refractivity contribution in [2.75, 3.05) is 6.54 Å². The molecule has 1 aliphatic rings. The Kier molecular flexibility index (Phi) is 5.44. The number of carbonyl (C=O) groups is 2. The maximum atomic E-state index is 12.4. The van der Waals surface area contributed by atoms with E-state index in [1.165, 1.54) is 10.5 Å². The second-order valence-corrected chi connectivity index (χ2v) is 5.39. The van der Waals surface area contributed by atoms with Crippen LogP contribution in [0.5, 0.6) is 0 Å². The van der Waals surface area contributed by atoms with Crippen molar-refractivity contribution in [2.24, 2.45) is 0 Å². The highest BCUT2D eigenvalue weighted by Gasteiger charge is 2.40. The van der Waals surface area contributed by atoms with Gasteiger partial charge in [0.15, 0.2) is 0 Å². The van der Waals surface area contributed by atoms with Crippen LogP contribution in [0.2, 0.25) is 0 Å². The first-order chi connectivity index (χ1) is 10.2. The normalized spacial score (nSPS) is 18.8. The molecule has 21 heavy (non-hydrogen) atoms. The van der Waals surface area contributed by atoms with Crippen LogP contribution in [0, 0.1) is 0 Å². The van der Waals surface area contributed by atoms with Crippen LogP contribution in [0.3, 0.4) is 0 Å². The Morgan fingerprint density at radius 2 is 1.95 bits per heavy atom. The fourth-order valence-electron chi connectivity index (χ4n) is 2.79. The largest absolute Gasteiger partial charge is 0.305 e. The van der Waals surface area contributed by atoms with Gasteiger partial charge < -0.3 is 5.32 Å². The molecule has 0 aliphatic carbocycles. The number of amides is 2. The summed E-state index contributed by atoms with van der Waals surface area (Å²) in [6.45, 7) is 4.71. The van der Waals surface area contributed by atoms with E-state index in [0.29, 0.717) is 6.54 Å². The number of nitrogens with one attached hydrogen (secondary N) is 1. The number of carbonyl (C=O) groups excluding carboxylic acids is 2. The van der Waals surface area contributed by atoms with Gasteiger partial charge in [0.2, 0.25) is 11.8 Å².